The molecule has 0 aliphatic carbocycles. The van der Waals surface area contributed by atoms with Crippen molar-refractivity contribution < 1.29 is 13.2 Å². The summed E-state index contributed by atoms with van der Waals surface area (Å²) >= 11 is 0. The standard InChI is InChI=1S/C14H18F3N3/c1-2-8-18-12(6-7-14(15,16)17)11-10-19-20-9-4-3-5-13(11)20/h3-5,9-10,12,18H,2,6-8H2,1H3. The Morgan fingerprint density at radius 3 is 2.85 bits per heavy atom. The van der Waals surface area contributed by atoms with Crippen molar-refractivity contribution in [1.29, 1.82) is 0 Å². The van der Waals surface area contributed by atoms with Crippen LogP contribution >= 0.6 is 0 Å². The van der Waals surface area contributed by atoms with E-state index in [0.717, 1.165) is 17.5 Å². The van der Waals surface area contributed by atoms with Crippen molar-refractivity contribution in [3.05, 3.63) is 36.2 Å². The first-order chi connectivity index (χ1) is 9.51. The largest absolute Gasteiger partial charge is 0.389 e. The fraction of sp³-hybridized carbons (Fsp3) is 0.500. The number of hydrogen-bond donors (Lipinski definition) is 1. The summed E-state index contributed by atoms with van der Waals surface area (Å²) in [6.45, 7) is 2.68. The van der Waals surface area contributed by atoms with Gasteiger partial charge in [0.1, 0.15) is 0 Å². The van der Waals surface area contributed by atoms with Gasteiger partial charge in [0.25, 0.3) is 0 Å². The van der Waals surface area contributed by atoms with E-state index in [0.29, 0.717) is 6.54 Å². The maximum absolute atomic E-state index is 12.4. The van der Waals surface area contributed by atoms with E-state index >= 15 is 0 Å². The second-order valence-corrected chi connectivity index (χ2v) is 4.79. The van der Waals surface area contributed by atoms with Gasteiger partial charge in [-0.25, -0.2) is 4.52 Å². The van der Waals surface area contributed by atoms with Crippen molar-refractivity contribution in [1.82, 2.24) is 14.9 Å². The summed E-state index contributed by atoms with van der Waals surface area (Å²) in [6, 6.07) is 5.25. The first kappa shape index (κ1) is 14.8. The number of pyridine rings is 1. The fourth-order valence-corrected chi connectivity index (χ4v) is 2.22. The average Bonchev–Trinajstić information content (AvgIpc) is 2.82. The van der Waals surface area contributed by atoms with Gasteiger partial charge < -0.3 is 5.32 Å². The van der Waals surface area contributed by atoms with Crippen LogP contribution < -0.4 is 5.32 Å². The van der Waals surface area contributed by atoms with E-state index < -0.39 is 12.6 Å². The van der Waals surface area contributed by atoms with Gasteiger partial charge in [0.05, 0.1) is 11.7 Å². The van der Waals surface area contributed by atoms with Crippen molar-refractivity contribution >= 4 is 5.52 Å². The first-order valence-electron chi connectivity index (χ1n) is 6.73. The van der Waals surface area contributed by atoms with Crippen molar-refractivity contribution in [3.8, 4) is 0 Å². The average molecular weight is 285 g/mol. The topological polar surface area (TPSA) is 29.3 Å². The molecule has 0 amide bonds. The van der Waals surface area contributed by atoms with Gasteiger partial charge >= 0.3 is 6.18 Å². The van der Waals surface area contributed by atoms with Gasteiger partial charge in [-0.3, -0.25) is 0 Å². The molecule has 2 aromatic heterocycles. The Hall–Kier alpha value is -1.56. The van der Waals surface area contributed by atoms with E-state index in [1.807, 2.05) is 25.1 Å². The molecule has 0 saturated heterocycles. The highest BCUT2D eigenvalue weighted by molar-refractivity contribution is 5.54. The Balaban J connectivity index is 2.21. The highest BCUT2D eigenvalue weighted by Gasteiger charge is 2.29. The summed E-state index contributed by atoms with van der Waals surface area (Å²) in [5, 5.41) is 7.37. The molecule has 0 aliphatic rings. The summed E-state index contributed by atoms with van der Waals surface area (Å²) in [5.74, 6) is 0. The van der Waals surface area contributed by atoms with Crippen LogP contribution in [0.25, 0.3) is 5.52 Å². The predicted octanol–water partition coefficient (Wildman–Crippen LogP) is 3.72. The van der Waals surface area contributed by atoms with Crippen LogP contribution in [-0.2, 0) is 0 Å². The molecule has 2 heterocycles. The monoisotopic (exact) mass is 285 g/mol. The molecule has 0 spiro atoms. The molecule has 1 unspecified atom stereocenters. The van der Waals surface area contributed by atoms with E-state index in [4.69, 9.17) is 0 Å². The van der Waals surface area contributed by atoms with Crippen molar-refractivity contribution in [2.75, 3.05) is 6.54 Å². The van der Waals surface area contributed by atoms with Crippen LogP contribution in [0, 0.1) is 0 Å². The van der Waals surface area contributed by atoms with Gasteiger partial charge in [-0.15, -0.1) is 0 Å². The maximum Gasteiger partial charge on any atom is 0.389 e. The summed E-state index contributed by atoms with van der Waals surface area (Å²) in [6.07, 6.45) is -0.576. The lowest BCUT2D eigenvalue weighted by Gasteiger charge is -2.18. The molecule has 2 rings (SSSR count). The molecule has 0 saturated carbocycles. The molecule has 1 N–H and O–H groups in total. The Morgan fingerprint density at radius 2 is 2.15 bits per heavy atom. The Labute approximate surface area is 115 Å². The number of fused-ring (bicyclic) bond motifs is 1. The number of alkyl halides is 3. The highest BCUT2D eigenvalue weighted by Crippen LogP contribution is 2.29. The van der Waals surface area contributed by atoms with E-state index in [2.05, 4.69) is 10.4 Å². The normalized spacial score (nSPS) is 13.8. The molecular weight excluding hydrogens is 267 g/mol. The quantitative estimate of drug-likeness (QED) is 0.876. The van der Waals surface area contributed by atoms with Gasteiger partial charge in [-0.2, -0.15) is 18.3 Å². The van der Waals surface area contributed by atoms with E-state index in [9.17, 15) is 13.2 Å². The number of nitrogens with one attached hydrogen (secondary N) is 1. The minimum Gasteiger partial charge on any atom is -0.310 e. The van der Waals surface area contributed by atoms with Crippen molar-refractivity contribution in [2.24, 2.45) is 0 Å². The van der Waals surface area contributed by atoms with E-state index in [1.165, 1.54) is 0 Å². The molecule has 0 bridgehead atoms. The molecular formula is C14H18F3N3. The van der Waals surface area contributed by atoms with Gasteiger partial charge in [0.15, 0.2) is 0 Å². The zero-order chi connectivity index (χ0) is 14.6. The van der Waals surface area contributed by atoms with Crippen LogP contribution in [0.3, 0.4) is 0 Å². The first-order valence-corrected chi connectivity index (χ1v) is 6.73. The van der Waals surface area contributed by atoms with Gasteiger partial charge in [0, 0.05) is 24.2 Å². The summed E-state index contributed by atoms with van der Waals surface area (Å²) in [4.78, 5) is 0. The lowest BCUT2D eigenvalue weighted by Crippen LogP contribution is -2.24. The van der Waals surface area contributed by atoms with Gasteiger partial charge in [0.2, 0.25) is 0 Å². The fourth-order valence-electron chi connectivity index (χ4n) is 2.22. The molecule has 20 heavy (non-hydrogen) atoms. The third kappa shape index (κ3) is 3.72. The van der Waals surface area contributed by atoms with Crippen LogP contribution in [-0.4, -0.2) is 22.3 Å². The lowest BCUT2D eigenvalue weighted by atomic mass is 10.0. The third-order valence-electron chi connectivity index (χ3n) is 3.19. The smallest absolute Gasteiger partial charge is 0.310 e. The summed E-state index contributed by atoms with van der Waals surface area (Å²) < 4.78 is 39.0. The summed E-state index contributed by atoms with van der Waals surface area (Å²) in [7, 11) is 0. The number of rotatable bonds is 6. The van der Waals surface area contributed by atoms with Crippen LogP contribution in [0.1, 0.15) is 37.8 Å². The second kappa shape index (κ2) is 6.26. The van der Waals surface area contributed by atoms with Crippen LogP contribution in [0.2, 0.25) is 0 Å². The van der Waals surface area contributed by atoms with Gasteiger partial charge in [-0.05, 0) is 31.5 Å². The number of nitrogens with zero attached hydrogens (tertiary/aromatic N) is 2. The Bertz CT molecular complexity index is 548. The SMILES string of the molecule is CCCNC(CCC(F)(F)F)c1cnn2ccccc12. The van der Waals surface area contributed by atoms with Crippen LogP contribution in [0.15, 0.2) is 30.6 Å². The van der Waals surface area contributed by atoms with E-state index in [-0.39, 0.29) is 12.5 Å². The zero-order valence-corrected chi connectivity index (χ0v) is 11.3. The molecule has 6 heteroatoms. The molecule has 1 atom stereocenters. The number of aromatic nitrogens is 2. The van der Waals surface area contributed by atoms with E-state index in [1.54, 1.807) is 16.9 Å². The minimum absolute atomic E-state index is 0.0275. The third-order valence-corrected chi connectivity index (χ3v) is 3.19. The predicted molar refractivity (Wildman–Crippen MR) is 71.5 cm³/mol. The van der Waals surface area contributed by atoms with Gasteiger partial charge in [-0.1, -0.05) is 13.0 Å². The zero-order valence-electron chi connectivity index (χ0n) is 11.3. The highest BCUT2D eigenvalue weighted by atomic mass is 19.4. The Morgan fingerprint density at radius 1 is 1.35 bits per heavy atom. The molecule has 0 fully saturated rings. The molecule has 2 aromatic rings. The molecule has 110 valence electrons. The number of halogens is 3. The van der Waals surface area contributed by atoms with Crippen LogP contribution in [0.4, 0.5) is 13.2 Å². The Kier molecular flexibility index (Phi) is 4.65. The molecule has 0 aliphatic heterocycles. The molecule has 0 radical (unpaired) electrons. The number of hydrogen-bond acceptors (Lipinski definition) is 2. The summed E-state index contributed by atoms with van der Waals surface area (Å²) in [5.41, 5.74) is 1.67. The molecule has 0 aromatic carbocycles. The lowest BCUT2D eigenvalue weighted by molar-refractivity contribution is -0.136. The van der Waals surface area contributed by atoms with Crippen molar-refractivity contribution in [2.45, 2.75) is 38.4 Å². The maximum atomic E-state index is 12.4. The molecule has 3 nitrogen and oxygen atoms in total. The van der Waals surface area contributed by atoms with Crippen LogP contribution in [0.5, 0.6) is 0 Å². The van der Waals surface area contributed by atoms with Crippen molar-refractivity contribution in [3.63, 3.8) is 0 Å². The minimum atomic E-state index is -4.13. The second-order valence-electron chi connectivity index (χ2n) is 4.79.